The molecule has 0 fully saturated rings. The number of hydrogen-bond acceptors (Lipinski definition) is 7. The minimum Gasteiger partial charge on any atom is -0.308 e. The third kappa shape index (κ3) is 6.88. The van der Waals surface area contributed by atoms with Crippen molar-refractivity contribution in [3.63, 3.8) is 0 Å². The normalized spacial score (nSPS) is 11.1. The molecule has 3 heterocycles. The van der Waals surface area contributed by atoms with Gasteiger partial charge in [-0.2, -0.15) is 21.0 Å². The standard InChI is InChI=1S/C61H33N9/c62-34-38-10-8-14-43(28-38)45-22-26-55-49(32-45)47-16-4-6-18-53(47)69(55)57-24-20-40(36-64)30-51(57)60-66-59(42-12-2-1-3-13-42)67-61(68-60)52-31-41(37-65)21-25-58(52)70-54-19-7-5-17-48(54)50-33-46(23-27-56(50)70)44-15-9-11-39(29-44)35-63/h1-33H. The Morgan fingerprint density at radius 1 is 0.286 bits per heavy atom. The van der Waals surface area contributed by atoms with E-state index in [-0.39, 0.29) is 0 Å². The first-order chi connectivity index (χ1) is 34.5. The zero-order chi connectivity index (χ0) is 47.3. The molecule has 9 nitrogen and oxygen atoms in total. The van der Waals surface area contributed by atoms with Crippen LogP contribution in [0.5, 0.6) is 0 Å². The van der Waals surface area contributed by atoms with Gasteiger partial charge in [0.1, 0.15) is 0 Å². The number of para-hydroxylation sites is 2. The summed E-state index contributed by atoms with van der Waals surface area (Å²) in [6.45, 7) is 0. The Morgan fingerprint density at radius 3 is 1.14 bits per heavy atom. The summed E-state index contributed by atoms with van der Waals surface area (Å²) in [5, 5.41) is 44.3. The van der Waals surface area contributed by atoms with Crippen molar-refractivity contribution in [2.75, 3.05) is 0 Å². The number of benzene rings is 9. The molecule has 0 spiro atoms. The molecule has 0 aliphatic carbocycles. The van der Waals surface area contributed by atoms with E-state index in [1.165, 1.54) is 0 Å². The van der Waals surface area contributed by atoms with E-state index in [1.54, 1.807) is 12.1 Å². The first-order valence-electron chi connectivity index (χ1n) is 22.5. The summed E-state index contributed by atoms with van der Waals surface area (Å²) in [4.78, 5) is 15.7. The second-order valence-corrected chi connectivity index (χ2v) is 16.9. The van der Waals surface area contributed by atoms with E-state index in [0.717, 1.165) is 82.8 Å². The van der Waals surface area contributed by atoms with Crippen molar-refractivity contribution in [3.05, 3.63) is 222 Å². The number of nitriles is 4. The summed E-state index contributed by atoms with van der Waals surface area (Å²) >= 11 is 0. The lowest BCUT2D eigenvalue weighted by molar-refractivity contribution is 1.06. The third-order valence-electron chi connectivity index (χ3n) is 12.9. The van der Waals surface area contributed by atoms with Crippen LogP contribution in [0.3, 0.4) is 0 Å². The average molecular weight is 892 g/mol. The van der Waals surface area contributed by atoms with Crippen LogP contribution >= 0.6 is 0 Å². The highest BCUT2D eigenvalue weighted by molar-refractivity contribution is 6.12. The zero-order valence-corrected chi connectivity index (χ0v) is 37.1. The molecule has 0 aliphatic rings. The highest BCUT2D eigenvalue weighted by Gasteiger charge is 2.23. The summed E-state index contributed by atoms with van der Waals surface area (Å²) in [6, 6.07) is 74.4. The van der Waals surface area contributed by atoms with Gasteiger partial charge in [0.25, 0.3) is 0 Å². The van der Waals surface area contributed by atoms with Crippen molar-refractivity contribution in [2.45, 2.75) is 0 Å². The summed E-state index contributed by atoms with van der Waals surface area (Å²) < 4.78 is 4.37. The van der Waals surface area contributed by atoms with Gasteiger partial charge in [0.2, 0.25) is 0 Å². The van der Waals surface area contributed by atoms with E-state index < -0.39 is 0 Å². The van der Waals surface area contributed by atoms with Crippen LogP contribution in [0.25, 0.3) is 111 Å². The number of nitrogens with zero attached hydrogens (tertiary/aromatic N) is 9. The average Bonchev–Trinajstić information content (AvgIpc) is 3.94. The quantitative estimate of drug-likeness (QED) is 0.155. The maximum absolute atomic E-state index is 10.4. The number of rotatable bonds is 7. The fourth-order valence-electron chi connectivity index (χ4n) is 9.65. The predicted octanol–water partition coefficient (Wildman–Crippen LogP) is 13.9. The molecule has 9 heteroatoms. The Bertz CT molecular complexity index is 4050. The molecule has 0 radical (unpaired) electrons. The minimum absolute atomic E-state index is 0.339. The van der Waals surface area contributed by atoms with Crippen molar-refractivity contribution in [3.8, 4) is 92.1 Å². The van der Waals surface area contributed by atoms with Crippen molar-refractivity contribution < 1.29 is 0 Å². The number of hydrogen-bond donors (Lipinski definition) is 0. The number of fused-ring (bicyclic) bond motifs is 6. The molecule has 0 saturated heterocycles. The molecule has 3 aromatic heterocycles. The lowest BCUT2D eigenvalue weighted by Crippen LogP contribution is -2.06. The lowest BCUT2D eigenvalue weighted by Gasteiger charge is -2.17. The van der Waals surface area contributed by atoms with Crippen LogP contribution < -0.4 is 0 Å². The predicted molar refractivity (Wildman–Crippen MR) is 275 cm³/mol. The molecule has 12 rings (SSSR count). The van der Waals surface area contributed by atoms with E-state index in [4.69, 9.17) is 15.0 Å². The summed E-state index contributed by atoms with van der Waals surface area (Å²) in [6.07, 6.45) is 0. The Kier molecular flexibility index (Phi) is 9.82. The van der Waals surface area contributed by atoms with Crippen LogP contribution in [0.4, 0.5) is 0 Å². The largest absolute Gasteiger partial charge is 0.308 e. The number of aromatic nitrogens is 5. The molecule has 70 heavy (non-hydrogen) atoms. The fraction of sp³-hybridized carbons (Fsp3) is 0. The maximum Gasteiger partial charge on any atom is 0.166 e. The van der Waals surface area contributed by atoms with Gasteiger partial charge in [-0.25, -0.2) is 15.0 Å². The van der Waals surface area contributed by atoms with Crippen LogP contribution in [0.2, 0.25) is 0 Å². The summed E-state index contributed by atoms with van der Waals surface area (Å²) in [5.41, 5.74) is 13.1. The second-order valence-electron chi connectivity index (χ2n) is 16.9. The molecule has 0 amide bonds. The smallest absolute Gasteiger partial charge is 0.166 e. The SMILES string of the molecule is N#Cc1cccc(-c2ccc3c(c2)c2ccccc2n3-c2ccc(C#N)cc2-c2nc(-c3ccccc3)nc(-c3cc(C#N)ccc3-n3c4ccccc4c4cc(-c5cccc(C#N)c5)ccc43)n2)c1. The van der Waals surface area contributed by atoms with Gasteiger partial charge in [-0.05, 0) is 119 Å². The fourth-order valence-corrected chi connectivity index (χ4v) is 9.65. The topological polar surface area (TPSA) is 144 Å². The molecule has 0 bridgehead atoms. The van der Waals surface area contributed by atoms with Crippen molar-refractivity contribution in [2.24, 2.45) is 0 Å². The summed E-state index contributed by atoms with van der Waals surface area (Å²) in [5.74, 6) is 1.10. The van der Waals surface area contributed by atoms with E-state index in [2.05, 4.69) is 94.1 Å². The molecule has 9 aromatic carbocycles. The highest BCUT2D eigenvalue weighted by atomic mass is 15.1. The van der Waals surface area contributed by atoms with Gasteiger partial charge in [-0.15, -0.1) is 0 Å². The van der Waals surface area contributed by atoms with Gasteiger partial charge in [0, 0.05) is 38.2 Å². The Labute approximate surface area is 401 Å². The minimum atomic E-state index is 0.339. The molecule has 0 aliphatic heterocycles. The van der Waals surface area contributed by atoms with Crippen LogP contribution in [-0.4, -0.2) is 24.1 Å². The van der Waals surface area contributed by atoms with E-state index >= 15 is 0 Å². The van der Waals surface area contributed by atoms with Crippen LogP contribution in [0.1, 0.15) is 22.3 Å². The van der Waals surface area contributed by atoms with Crippen LogP contribution in [0, 0.1) is 45.3 Å². The van der Waals surface area contributed by atoms with Gasteiger partial charge < -0.3 is 9.13 Å². The van der Waals surface area contributed by atoms with Crippen molar-refractivity contribution >= 4 is 43.6 Å². The molecule has 0 saturated carbocycles. The van der Waals surface area contributed by atoms with Gasteiger partial charge >= 0.3 is 0 Å². The molecule has 0 N–H and O–H groups in total. The lowest BCUT2D eigenvalue weighted by atomic mass is 10.0. The zero-order valence-electron chi connectivity index (χ0n) is 37.1. The molecule has 0 unspecified atom stereocenters. The first-order valence-corrected chi connectivity index (χ1v) is 22.5. The molecule has 12 aromatic rings. The van der Waals surface area contributed by atoms with Crippen molar-refractivity contribution in [1.29, 1.82) is 21.0 Å². The summed E-state index contributed by atoms with van der Waals surface area (Å²) in [7, 11) is 0. The van der Waals surface area contributed by atoms with Gasteiger partial charge in [0.05, 0.1) is 80.0 Å². The third-order valence-corrected chi connectivity index (χ3v) is 12.9. The van der Waals surface area contributed by atoms with Gasteiger partial charge in [-0.1, -0.05) is 103 Å². The molecule has 0 atom stereocenters. The highest BCUT2D eigenvalue weighted by Crippen LogP contribution is 2.41. The maximum atomic E-state index is 10.4. The Morgan fingerprint density at radius 2 is 0.671 bits per heavy atom. The molecular formula is C61H33N9. The first kappa shape index (κ1) is 41.0. The van der Waals surface area contributed by atoms with Gasteiger partial charge in [0.15, 0.2) is 17.5 Å². The van der Waals surface area contributed by atoms with Crippen LogP contribution in [0.15, 0.2) is 200 Å². The van der Waals surface area contributed by atoms with Crippen molar-refractivity contribution in [1.82, 2.24) is 24.1 Å². The van der Waals surface area contributed by atoms with Crippen LogP contribution in [-0.2, 0) is 0 Å². The molecular weight excluding hydrogens is 859 g/mol. The Balaban J connectivity index is 1.10. The Hall–Kier alpha value is -10.5. The van der Waals surface area contributed by atoms with E-state index in [0.29, 0.717) is 50.9 Å². The van der Waals surface area contributed by atoms with E-state index in [9.17, 15) is 21.0 Å². The van der Waals surface area contributed by atoms with E-state index in [1.807, 2.05) is 127 Å². The second kappa shape index (κ2) is 16.8. The monoisotopic (exact) mass is 891 g/mol. The molecule has 322 valence electrons. The van der Waals surface area contributed by atoms with Gasteiger partial charge in [-0.3, -0.25) is 0 Å².